The summed E-state index contributed by atoms with van der Waals surface area (Å²) in [5.41, 5.74) is 0.883. The van der Waals surface area contributed by atoms with E-state index >= 15 is 0 Å². The molecular weight excluding hydrogens is 325 g/mol. The molecule has 0 aliphatic heterocycles. The third-order valence-corrected chi connectivity index (χ3v) is 3.47. The molecule has 6 heteroatoms. The lowest BCUT2D eigenvalue weighted by molar-refractivity contribution is 0.102. The fourth-order valence-electron chi connectivity index (χ4n) is 1.87. The number of halogens is 2. The van der Waals surface area contributed by atoms with Gasteiger partial charge in [-0.1, -0.05) is 23.2 Å². The minimum Gasteiger partial charge on any atom is -0.493 e. The van der Waals surface area contributed by atoms with Crippen LogP contribution in [0.15, 0.2) is 36.4 Å². The van der Waals surface area contributed by atoms with Crippen molar-refractivity contribution in [1.82, 2.24) is 0 Å². The summed E-state index contributed by atoms with van der Waals surface area (Å²) in [6, 6.07) is 9.82. The van der Waals surface area contributed by atoms with Crippen LogP contribution in [-0.2, 0) is 0 Å². The van der Waals surface area contributed by atoms with E-state index in [9.17, 15) is 4.79 Å². The van der Waals surface area contributed by atoms with Crippen molar-refractivity contribution >= 4 is 34.8 Å². The van der Waals surface area contributed by atoms with Gasteiger partial charge in [0.2, 0.25) is 0 Å². The Morgan fingerprint density at radius 3 is 2.59 bits per heavy atom. The summed E-state index contributed by atoms with van der Waals surface area (Å²) in [4.78, 5) is 12.3. The van der Waals surface area contributed by atoms with Crippen molar-refractivity contribution in [3.8, 4) is 11.5 Å². The smallest absolute Gasteiger partial charge is 0.255 e. The van der Waals surface area contributed by atoms with Gasteiger partial charge in [-0.15, -0.1) is 0 Å². The summed E-state index contributed by atoms with van der Waals surface area (Å²) >= 11 is 11.9. The number of hydrogen-bond acceptors (Lipinski definition) is 3. The number of benzene rings is 2. The molecule has 2 aromatic rings. The fourth-order valence-corrected chi connectivity index (χ4v) is 2.21. The normalized spacial score (nSPS) is 10.2. The zero-order valence-electron chi connectivity index (χ0n) is 12.2. The molecule has 0 spiro atoms. The van der Waals surface area contributed by atoms with Crippen LogP contribution in [0.25, 0.3) is 0 Å². The molecule has 1 amide bonds. The summed E-state index contributed by atoms with van der Waals surface area (Å²) in [5.74, 6) is 0.766. The number of nitrogens with one attached hydrogen (secondary N) is 1. The topological polar surface area (TPSA) is 47.6 Å². The summed E-state index contributed by atoms with van der Waals surface area (Å²) in [5, 5.41) is 3.63. The largest absolute Gasteiger partial charge is 0.493 e. The van der Waals surface area contributed by atoms with Gasteiger partial charge in [0.25, 0.3) is 5.91 Å². The predicted octanol–water partition coefficient (Wildman–Crippen LogP) is 4.65. The van der Waals surface area contributed by atoms with E-state index in [4.69, 9.17) is 32.7 Å². The van der Waals surface area contributed by atoms with Crippen molar-refractivity contribution in [3.05, 3.63) is 52.0 Å². The number of carbonyl (C=O) groups excluding carboxylic acids is 1. The fraction of sp³-hybridized carbons (Fsp3) is 0.188. The maximum Gasteiger partial charge on any atom is 0.255 e. The Hall–Kier alpha value is -1.91. The van der Waals surface area contributed by atoms with Crippen molar-refractivity contribution in [1.29, 1.82) is 0 Å². The van der Waals surface area contributed by atoms with Crippen molar-refractivity contribution in [2.75, 3.05) is 19.0 Å². The number of hydrogen-bond donors (Lipinski definition) is 1. The molecule has 1 N–H and O–H groups in total. The Kier molecular flexibility index (Phi) is 5.52. The molecule has 0 aromatic heterocycles. The quantitative estimate of drug-likeness (QED) is 0.862. The molecular formula is C16H15Cl2NO3. The maximum absolute atomic E-state index is 12.3. The molecule has 0 radical (unpaired) electrons. The molecule has 0 saturated carbocycles. The number of ether oxygens (including phenoxy) is 2. The van der Waals surface area contributed by atoms with Gasteiger partial charge < -0.3 is 14.8 Å². The van der Waals surface area contributed by atoms with E-state index in [0.717, 1.165) is 0 Å². The number of methoxy groups -OCH3 is 1. The highest BCUT2D eigenvalue weighted by atomic mass is 35.5. The molecule has 0 fully saturated rings. The first kappa shape index (κ1) is 16.5. The number of amides is 1. The van der Waals surface area contributed by atoms with E-state index in [1.165, 1.54) is 0 Å². The van der Waals surface area contributed by atoms with Crippen LogP contribution in [0.2, 0.25) is 10.0 Å². The van der Waals surface area contributed by atoms with Crippen LogP contribution < -0.4 is 14.8 Å². The van der Waals surface area contributed by atoms with Gasteiger partial charge in [-0.2, -0.15) is 0 Å². The molecule has 22 heavy (non-hydrogen) atoms. The lowest BCUT2D eigenvalue weighted by atomic mass is 10.2. The first-order valence-corrected chi connectivity index (χ1v) is 7.38. The van der Waals surface area contributed by atoms with Gasteiger partial charge in [0.15, 0.2) is 11.5 Å². The Bertz CT molecular complexity index is 689. The van der Waals surface area contributed by atoms with Crippen LogP contribution in [0.5, 0.6) is 11.5 Å². The molecule has 2 aromatic carbocycles. The maximum atomic E-state index is 12.3. The zero-order valence-corrected chi connectivity index (χ0v) is 13.7. The summed E-state index contributed by atoms with van der Waals surface area (Å²) in [6.45, 7) is 2.33. The second-order valence-electron chi connectivity index (χ2n) is 4.38. The van der Waals surface area contributed by atoms with Gasteiger partial charge in [-0.25, -0.2) is 0 Å². The van der Waals surface area contributed by atoms with E-state index in [2.05, 4.69) is 5.32 Å². The molecule has 4 nitrogen and oxygen atoms in total. The van der Waals surface area contributed by atoms with Gasteiger partial charge in [0.05, 0.1) is 24.4 Å². The highest BCUT2D eigenvalue weighted by Gasteiger charge is 2.13. The van der Waals surface area contributed by atoms with Crippen LogP contribution in [0.1, 0.15) is 17.3 Å². The SMILES string of the molecule is CCOc1cc(C(=O)Nc2cc(Cl)ccc2Cl)ccc1OC. The zero-order chi connectivity index (χ0) is 16.1. The molecule has 0 aliphatic carbocycles. The Labute approximate surface area is 138 Å². The lowest BCUT2D eigenvalue weighted by Gasteiger charge is -2.12. The number of anilines is 1. The predicted molar refractivity (Wildman–Crippen MR) is 88.6 cm³/mol. The second-order valence-corrected chi connectivity index (χ2v) is 5.22. The van der Waals surface area contributed by atoms with Crippen LogP contribution in [0.3, 0.4) is 0 Å². The Morgan fingerprint density at radius 1 is 1.14 bits per heavy atom. The third-order valence-electron chi connectivity index (χ3n) is 2.90. The van der Waals surface area contributed by atoms with Crippen molar-refractivity contribution in [2.24, 2.45) is 0 Å². The number of carbonyl (C=O) groups is 1. The van der Waals surface area contributed by atoms with Crippen LogP contribution in [0.4, 0.5) is 5.69 Å². The molecule has 0 bridgehead atoms. The lowest BCUT2D eigenvalue weighted by Crippen LogP contribution is -2.12. The molecule has 0 heterocycles. The van der Waals surface area contributed by atoms with Crippen LogP contribution in [-0.4, -0.2) is 19.6 Å². The monoisotopic (exact) mass is 339 g/mol. The highest BCUT2D eigenvalue weighted by molar-refractivity contribution is 6.35. The first-order chi connectivity index (χ1) is 10.5. The van der Waals surface area contributed by atoms with Gasteiger partial charge in [-0.3, -0.25) is 4.79 Å². The third kappa shape index (κ3) is 3.84. The Morgan fingerprint density at radius 2 is 1.91 bits per heavy atom. The molecule has 2 rings (SSSR count). The van der Waals surface area contributed by atoms with E-state index in [1.807, 2.05) is 6.92 Å². The van der Waals surface area contributed by atoms with E-state index in [-0.39, 0.29) is 5.91 Å². The summed E-state index contributed by atoms with van der Waals surface area (Å²) in [6.07, 6.45) is 0. The minimum absolute atomic E-state index is 0.312. The molecule has 0 aliphatic rings. The Balaban J connectivity index is 2.25. The van der Waals surface area contributed by atoms with E-state index < -0.39 is 0 Å². The highest BCUT2D eigenvalue weighted by Crippen LogP contribution is 2.29. The van der Waals surface area contributed by atoms with Crippen LogP contribution in [0, 0.1) is 0 Å². The molecule has 0 unspecified atom stereocenters. The van der Waals surface area contributed by atoms with Crippen molar-refractivity contribution < 1.29 is 14.3 Å². The van der Waals surface area contributed by atoms with Gasteiger partial charge in [0, 0.05) is 10.6 Å². The van der Waals surface area contributed by atoms with Gasteiger partial charge in [0.1, 0.15) is 0 Å². The van der Waals surface area contributed by atoms with Gasteiger partial charge >= 0.3 is 0 Å². The number of rotatable bonds is 5. The van der Waals surface area contributed by atoms with Crippen molar-refractivity contribution in [3.63, 3.8) is 0 Å². The average Bonchev–Trinajstić information content (AvgIpc) is 2.51. The van der Waals surface area contributed by atoms with Crippen LogP contribution >= 0.6 is 23.2 Å². The van der Waals surface area contributed by atoms with Gasteiger partial charge in [-0.05, 0) is 43.3 Å². The second kappa shape index (κ2) is 7.38. The first-order valence-electron chi connectivity index (χ1n) is 6.62. The standard InChI is InChI=1S/C16H15Cl2NO3/c1-3-22-15-8-10(4-7-14(15)21-2)16(20)19-13-9-11(17)5-6-12(13)18/h4-9H,3H2,1-2H3,(H,19,20). The van der Waals surface area contributed by atoms with E-state index in [1.54, 1.807) is 43.5 Å². The van der Waals surface area contributed by atoms with Crippen molar-refractivity contribution in [2.45, 2.75) is 6.92 Å². The molecule has 0 atom stereocenters. The van der Waals surface area contributed by atoms with E-state index in [0.29, 0.717) is 39.4 Å². The molecule has 0 saturated heterocycles. The molecule has 116 valence electrons. The summed E-state index contributed by atoms with van der Waals surface area (Å²) < 4.78 is 10.7. The minimum atomic E-state index is -0.312. The average molecular weight is 340 g/mol. The summed E-state index contributed by atoms with van der Waals surface area (Å²) in [7, 11) is 1.54.